The van der Waals surface area contributed by atoms with Crippen LogP contribution < -0.4 is 0 Å². The van der Waals surface area contributed by atoms with Gasteiger partial charge in [0.2, 0.25) is 0 Å². The van der Waals surface area contributed by atoms with Gasteiger partial charge in [0, 0.05) is 11.1 Å². The third-order valence-electron chi connectivity index (χ3n) is 3.72. The minimum Gasteiger partial charge on any atom is -0.298 e. The quantitative estimate of drug-likeness (QED) is 0.420. The molecule has 0 heterocycles. The maximum absolute atomic E-state index is 10.9. The minimum absolute atomic E-state index is 0.486. The molecular weight excluding hydrogens is 248 g/mol. The van der Waals surface area contributed by atoms with E-state index in [1.54, 1.807) is 6.07 Å². The Morgan fingerprint density at radius 2 is 1.40 bits per heavy atom. The molecule has 0 aliphatic carbocycles. The van der Waals surface area contributed by atoms with Gasteiger partial charge in [0.25, 0.3) is 0 Å². The molecule has 1 rings (SSSR count). The van der Waals surface area contributed by atoms with Crippen molar-refractivity contribution >= 4 is 12.6 Å². The molecule has 0 aromatic heterocycles. The molecule has 1 aromatic carbocycles. The highest BCUT2D eigenvalue weighted by Crippen LogP contribution is 2.13. The van der Waals surface area contributed by atoms with Crippen molar-refractivity contribution in [1.82, 2.24) is 0 Å². The molecule has 20 heavy (non-hydrogen) atoms. The van der Waals surface area contributed by atoms with Crippen LogP contribution in [0.4, 0.5) is 0 Å². The Bertz CT molecular complexity index is 410. The highest BCUT2D eigenvalue weighted by Gasteiger charge is 2.02. The molecule has 2 nitrogen and oxygen atoms in total. The van der Waals surface area contributed by atoms with Crippen LogP contribution in [-0.4, -0.2) is 12.6 Å². The van der Waals surface area contributed by atoms with Crippen LogP contribution in [0.2, 0.25) is 0 Å². The summed E-state index contributed by atoms with van der Waals surface area (Å²) in [6.07, 6.45) is 12.9. The first-order chi connectivity index (χ1) is 9.81. The van der Waals surface area contributed by atoms with Crippen LogP contribution in [0.1, 0.15) is 84.6 Å². The van der Waals surface area contributed by atoms with Crippen LogP contribution in [0, 0.1) is 0 Å². The fourth-order valence-corrected chi connectivity index (χ4v) is 2.45. The normalized spacial score (nSPS) is 10.4. The predicted octanol–water partition coefficient (Wildman–Crippen LogP) is 4.99. The summed E-state index contributed by atoms with van der Waals surface area (Å²) in [6.45, 7) is 2.24. The third-order valence-corrected chi connectivity index (χ3v) is 3.72. The predicted molar refractivity (Wildman–Crippen MR) is 83.5 cm³/mol. The third kappa shape index (κ3) is 6.14. The first kappa shape index (κ1) is 16.6. The van der Waals surface area contributed by atoms with Crippen molar-refractivity contribution in [2.45, 2.75) is 64.7 Å². The lowest BCUT2D eigenvalue weighted by Crippen LogP contribution is -1.94. The molecule has 0 saturated heterocycles. The van der Waals surface area contributed by atoms with E-state index in [2.05, 4.69) is 6.92 Å². The zero-order valence-corrected chi connectivity index (χ0v) is 12.6. The Labute approximate surface area is 122 Å². The number of unbranched alkanes of at least 4 members (excludes halogenated alkanes) is 7. The molecular formula is C18H26O2. The summed E-state index contributed by atoms with van der Waals surface area (Å²) in [5.74, 6) is 0. The molecule has 0 atom stereocenters. The van der Waals surface area contributed by atoms with E-state index in [-0.39, 0.29) is 0 Å². The summed E-state index contributed by atoms with van der Waals surface area (Å²) in [4.78, 5) is 21.6. The molecule has 1 aromatic rings. The number of rotatable bonds is 11. The van der Waals surface area contributed by atoms with Crippen LogP contribution in [0.5, 0.6) is 0 Å². The van der Waals surface area contributed by atoms with E-state index in [0.29, 0.717) is 11.1 Å². The Morgan fingerprint density at radius 3 is 2.00 bits per heavy atom. The summed E-state index contributed by atoms with van der Waals surface area (Å²) in [7, 11) is 0. The molecule has 0 radical (unpaired) electrons. The molecule has 110 valence electrons. The molecule has 0 spiro atoms. The Kier molecular flexibility index (Phi) is 8.61. The average molecular weight is 274 g/mol. The molecule has 0 bridgehead atoms. The summed E-state index contributed by atoms with van der Waals surface area (Å²) in [5, 5.41) is 0. The molecule has 0 aliphatic heterocycles. The molecule has 0 aliphatic rings. The van der Waals surface area contributed by atoms with Gasteiger partial charge >= 0.3 is 0 Å². The van der Waals surface area contributed by atoms with Crippen molar-refractivity contribution in [2.75, 3.05) is 0 Å². The Morgan fingerprint density at radius 1 is 0.800 bits per heavy atom. The summed E-state index contributed by atoms with van der Waals surface area (Å²) in [5.41, 5.74) is 2.15. The lowest BCUT2D eigenvalue weighted by Gasteiger charge is -2.04. The van der Waals surface area contributed by atoms with Gasteiger partial charge in [0.1, 0.15) is 0 Å². The lowest BCUT2D eigenvalue weighted by molar-refractivity contribution is 0.109. The van der Waals surface area contributed by atoms with Crippen molar-refractivity contribution in [3.8, 4) is 0 Å². The molecule has 0 fully saturated rings. The number of carbonyl (C=O) groups excluding carboxylic acids is 2. The highest BCUT2D eigenvalue weighted by atomic mass is 16.1. The fraction of sp³-hybridized carbons (Fsp3) is 0.556. The van der Waals surface area contributed by atoms with Crippen LogP contribution in [0.3, 0.4) is 0 Å². The molecule has 0 unspecified atom stereocenters. The monoisotopic (exact) mass is 274 g/mol. The highest BCUT2D eigenvalue weighted by molar-refractivity contribution is 5.90. The standard InChI is InChI=1S/C18H26O2/c1-2-3-4-5-6-7-8-9-10-16-11-12-17(14-19)18(13-16)15-20/h11-15H,2-10H2,1H3. The average Bonchev–Trinajstić information content (AvgIpc) is 2.49. The first-order valence-corrected chi connectivity index (χ1v) is 7.85. The lowest BCUT2D eigenvalue weighted by atomic mass is 10.0. The van der Waals surface area contributed by atoms with Gasteiger partial charge < -0.3 is 0 Å². The van der Waals surface area contributed by atoms with Gasteiger partial charge in [0.15, 0.2) is 12.6 Å². The van der Waals surface area contributed by atoms with Crippen molar-refractivity contribution in [1.29, 1.82) is 0 Å². The molecule has 0 N–H and O–H groups in total. The SMILES string of the molecule is CCCCCCCCCCc1ccc(C=O)c(C=O)c1. The number of benzene rings is 1. The zero-order valence-electron chi connectivity index (χ0n) is 12.6. The van der Waals surface area contributed by atoms with Gasteiger partial charge in [-0.1, -0.05) is 64.0 Å². The second-order valence-electron chi connectivity index (χ2n) is 5.42. The van der Waals surface area contributed by atoms with Crippen molar-refractivity contribution in [3.63, 3.8) is 0 Å². The number of hydrogen-bond acceptors (Lipinski definition) is 2. The largest absolute Gasteiger partial charge is 0.298 e. The van der Waals surface area contributed by atoms with Gasteiger partial charge in [-0.3, -0.25) is 9.59 Å². The topological polar surface area (TPSA) is 34.1 Å². The second-order valence-corrected chi connectivity index (χ2v) is 5.42. The fourth-order valence-electron chi connectivity index (χ4n) is 2.45. The van der Waals surface area contributed by atoms with Gasteiger partial charge in [-0.25, -0.2) is 0 Å². The van der Waals surface area contributed by atoms with Gasteiger partial charge in [-0.05, 0) is 24.5 Å². The molecule has 0 saturated carbocycles. The minimum atomic E-state index is 0.486. The Balaban J connectivity index is 2.22. The van der Waals surface area contributed by atoms with Gasteiger partial charge in [-0.2, -0.15) is 0 Å². The molecule has 0 amide bonds. The van der Waals surface area contributed by atoms with Gasteiger partial charge in [-0.15, -0.1) is 0 Å². The first-order valence-electron chi connectivity index (χ1n) is 7.85. The van der Waals surface area contributed by atoms with Crippen molar-refractivity contribution in [3.05, 3.63) is 34.9 Å². The summed E-state index contributed by atoms with van der Waals surface area (Å²) < 4.78 is 0. The van der Waals surface area contributed by atoms with E-state index in [9.17, 15) is 9.59 Å². The van der Waals surface area contributed by atoms with Crippen LogP contribution in [0.25, 0.3) is 0 Å². The zero-order chi connectivity index (χ0) is 14.6. The van der Waals surface area contributed by atoms with Crippen molar-refractivity contribution < 1.29 is 9.59 Å². The van der Waals surface area contributed by atoms with Crippen LogP contribution >= 0.6 is 0 Å². The number of carbonyl (C=O) groups is 2. The van der Waals surface area contributed by atoms with E-state index in [1.807, 2.05) is 12.1 Å². The number of aryl methyl sites for hydroxylation is 1. The number of aldehydes is 2. The van der Waals surface area contributed by atoms with Crippen molar-refractivity contribution in [2.24, 2.45) is 0 Å². The van der Waals surface area contributed by atoms with E-state index in [0.717, 1.165) is 31.0 Å². The Hall–Kier alpha value is -1.44. The van der Waals surface area contributed by atoms with Crippen LogP contribution in [-0.2, 0) is 6.42 Å². The number of hydrogen-bond donors (Lipinski definition) is 0. The van der Waals surface area contributed by atoms with E-state index >= 15 is 0 Å². The maximum atomic E-state index is 10.9. The van der Waals surface area contributed by atoms with E-state index < -0.39 is 0 Å². The van der Waals surface area contributed by atoms with E-state index in [1.165, 1.54) is 44.9 Å². The maximum Gasteiger partial charge on any atom is 0.150 e. The summed E-state index contributed by atoms with van der Waals surface area (Å²) in [6, 6.07) is 5.55. The van der Waals surface area contributed by atoms with Crippen LogP contribution in [0.15, 0.2) is 18.2 Å². The van der Waals surface area contributed by atoms with Gasteiger partial charge in [0.05, 0.1) is 0 Å². The second kappa shape index (κ2) is 10.4. The smallest absolute Gasteiger partial charge is 0.150 e. The van der Waals surface area contributed by atoms with E-state index in [4.69, 9.17) is 0 Å². The summed E-state index contributed by atoms with van der Waals surface area (Å²) >= 11 is 0. The molecule has 2 heteroatoms.